The molecule has 4 aromatic carbocycles. The normalized spacial score (nSPS) is 11.3. The second kappa shape index (κ2) is 9.62. The number of nitrogens with zero attached hydrogens (tertiary/aromatic N) is 2. The number of halogens is 2. The van der Waals surface area contributed by atoms with Crippen molar-refractivity contribution < 1.29 is 19.1 Å². The van der Waals surface area contributed by atoms with Gasteiger partial charge in [0.2, 0.25) is 5.89 Å². The quantitative estimate of drug-likeness (QED) is 0.153. The van der Waals surface area contributed by atoms with Crippen LogP contribution in [0.2, 0.25) is 10.0 Å². The van der Waals surface area contributed by atoms with E-state index in [2.05, 4.69) is 9.98 Å². The number of para-hydroxylation sites is 2. The first-order valence-corrected chi connectivity index (χ1v) is 11.2. The Morgan fingerprint density at radius 3 is 2.54 bits per heavy atom. The van der Waals surface area contributed by atoms with Gasteiger partial charge in [0.25, 0.3) is 0 Å². The van der Waals surface area contributed by atoms with Gasteiger partial charge in [0, 0.05) is 11.2 Å². The van der Waals surface area contributed by atoms with Crippen LogP contribution in [0, 0.1) is 0 Å². The molecule has 0 atom stereocenters. The van der Waals surface area contributed by atoms with Crippen LogP contribution >= 0.6 is 23.2 Å². The van der Waals surface area contributed by atoms with E-state index in [1.54, 1.807) is 54.7 Å². The van der Waals surface area contributed by atoms with Gasteiger partial charge in [-0.1, -0.05) is 35.3 Å². The summed E-state index contributed by atoms with van der Waals surface area (Å²) in [4.78, 5) is 21.3. The summed E-state index contributed by atoms with van der Waals surface area (Å²) in [5.41, 5.74) is 3.39. The second-order valence-electron chi connectivity index (χ2n) is 7.53. The van der Waals surface area contributed by atoms with Gasteiger partial charge in [-0.25, -0.2) is 9.78 Å². The van der Waals surface area contributed by atoms with Crippen LogP contribution in [0.1, 0.15) is 15.9 Å². The molecule has 0 aliphatic heterocycles. The molecule has 0 bridgehead atoms. The van der Waals surface area contributed by atoms with Crippen molar-refractivity contribution in [1.29, 1.82) is 0 Å². The number of fused-ring (bicyclic) bond motifs is 1. The minimum atomic E-state index is -0.580. The smallest absolute Gasteiger partial charge is 0.345 e. The number of benzene rings is 4. The van der Waals surface area contributed by atoms with Gasteiger partial charge >= 0.3 is 5.97 Å². The molecular weight excluding hydrogens is 487 g/mol. The first-order chi connectivity index (χ1) is 17.0. The lowest BCUT2D eigenvalue weighted by molar-refractivity contribution is 0.0735. The van der Waals surface area contributed by atoms with Crippen LogP contribution in [0.3, 0.4) is 0 Å². The van der Waals surface area contributed by atoms with E-state index in [4.69, 9.17) is 32.4 Å². The summed E-state index contributed by atoms with van der Waals surface area (Å²) in [7, 11) is 0. The van der Waals surface area contributed by atoms with E-state index in [1.807, 2.05) is 24.3 Å². The molecule has 0 fully saturated rings. The molecule has 0 spiro atoms. The maximum atomic E-state index is 12.4. The molecule has 0 aliphatic rings. The fourth-order valence-corrected chi connectivity index (χ4v) is 3.84. The van der Waals surface area contributed by atoms with Gasteiger partial charge in [-0.2, -0.15) is 0 Å². The minimum Gasteiger partial charge on any atom is -0.507 e. The van der Waals surface area contributed by atoms with E-state index in [1.165, 1.54) is 12.1 Å². The fourth-order valence-electron chi connectivity index (χ4n) is 3.35. The van der Waals surface area contributed by atoms with Crippen molar-refractivity contribution in [2.24, 2.45) is 4.99 Å². The molecule has 1 heterocycles. The molecule has 172 valence electrons. The van der Waals surface area contributed by atoms with Crippen molar-refractivity contribution in [3.63, 3.8) is 0 Å². The number of carbonyl (C=O) groups excluding carboxylic acids is 1. The summed E-state index contributed by atoms with van der Waals surface area (Å²) in [6.07, 6.45) is 1.66. The summed E-state index contributed by atoms with van der Waals surface area (Å²) in [5, 5.41) is 11.0. The topological polar surface area (TPSA) is 84.9 Å². The maximum absolute atomic E-state index is 12.4. The Kier molecular flexibility index (Phi) is 6.23. The molecule has 8 heteroatoms. The molecule has 0 saturated heterocycles. The van der Waals surface area contributed by atoms with E-state index in [0.29, 0.717) is 39.0 Å². The van der Waals surface area contributed by atoms with Gasteiger partial charge in [-0.05, 0) is 78.4 Å². The van der Waals surface area contributed by atoms with Crippen LogP contribution in [0.5, 0.6) is 11.5 Å². The second-order valence-corrected chi connectivity index (χ2v) is 8.37. The third-order valence-electron chi connectivity index (χ3n) is 5.11. The molecule has 6 nitrogen and oxygen atoms in total. The lowest BCUT2D eigenvalue weighted by Crippen LogP contribution is -2.09. The summed E-state index contributed by atoms with van der Waals surface area (Å²) in [6.45, 7) is 0. The number of rotatable bonds is 5. The van der Waals surface area contributed by atoms with Crippen LogP contribution in [-0.2, 0) is 0 Å². The highest BCUT2D eigenvalue weighted by molar-refractivity contribution is 6.36. The fraction of sp³-hybridized carbons (Fsp3) is 0. The highest BCUT2D eigenvalue weighted by Gasteiger charge is 2.14. The molecule has 0 amide bonds. The number of phenols is 1. The number of aromatic hydroxyl groups is 1. The first-order valence-electron chi connectivity index (χ1n) is 10.5. The standard InChI is InChI=1S/C27H16Cl2N2O4/c28-17-7-11-20(22(29)13-17)27(33)34-19-9-5-16(6-10-19)15-30-18-8-12-24(32)21(14-18)26-31-23-3-1-2-4-25(23)35-26/h1-15,32H. The van der Waals surface area contributed by atoms with E-state index < -0.39 is 5.97 Å². The van der Waals surface area contributed by atoms with Gasteiger partial charge in [0.1, 0.15) is 17.0 Å². The largest absolute Gasteiger partial charge is 0.507 e. The first kappa shape index (κ1) is 22.7. The van der Waals surface area contributed by atoms with Gasteiger partial charge < -0.3 is 14.3 Å². The zero-order valence-corrected chi connectivity index (χ0v) is 19.5. The van der Waals surface area contributed by atoms with Crippen LogP contribution in [0.25, 0.3) is 22.6 Å². The zero-order chi connectivity index (χ0) is 24.4. The summed E-state index contributed by atoms with van der Waals surface area (Å²) in [5.74, 6) is 0.139. The van der Waals surface area contributed by atoms with Crippen molar-refractivity contribution in [2.45, 2.75) is 0 Å². The number of phenolic OH excluding ortho intramolecular Hbond substituents is 1. The number of carbonyl (C=O) groups is 1. The molecule has 0 saturated carbocycles. The van der Waals surface area contributed by atoms with E-state index in [-0.39, 0.29) is 16.3 Å². The average molecular weight is 503 g/mol. The molecule has 5 aromatic rings. The number of aromatic nitrogens is 1. The monoisotopic (exact) mass is 502 g/mol. The summed E-state index contributed by atoms with van der Waals surface area (Å²) in [6, 6.07) is 23.7. The number of ether oxygens (including phenoxy) is 1. The number of hydrogen-bond donors (Lipinski definition) is 1. The van der Waals surface area contributed by atoms with Crippen molar-refractivity contribution in [3.8, 4) is 23.0 Å². The Hall–Kier alpha value is -4.13. The molecule has 0 aliphatic carbocycles. The Labute approximate surface area is 210 Å². The molecule has 35 heavy (non-hydrogen) atoms. The van der Waals surface area contributed by atoms with E-state index >= 15 is 0 Å². The molecule has 0 unspecified atom stereocenters. The number of oxazole rings is 1. The van der Waals surface area contributed by atoms with Gasteiger partial charge in [0.15, 0.2) is 5.58 Å². The number of aliphatic imine (C=N–C) groups is 1. The third kappa shape index (κ3) is 5.04. The molecular formula is C27H16Cl2N2O4. The Morgan fingerprint density at radius 2 is 1.77 bits per heavy atom. The van der Waals surface area contributed by atoms with Crippen LogP contribution in [0.4, 0.5) is 5.69 Å². The van der Waals surface area contributed by atoms with Gasteiger partial charge in [-0.3, -0.25) is 4.99 Å². The molecule has 1 aromatic heterocycles. The van der Waals surface area contributed by atoms with Gasteiger partial charge in [-0.15, -0.1) is 0 Å². The maximum Gasteiger partial charge on any atom is 0.345 e. The predicted molar refractivity (Wildman–Crippen MR) is 136 cm³/mol. The Morgan fingerprint density at radius 1 is 0.971 bits per heavy atom. The molecule has 0 radical (unpaired) electrons. The van der Waals surface area contributed by atoms with Crippen molar-refractivity contribution in [3.05, 3.63) is 106 Å². The van der Waals surface area contributed by atoms with Crippen molar-refractivity contribution in [2.75, 3.05) is 0 Å². The SMILES string of the molecule is O=C(Oc1ccc(C=Nc2ccc(O)c(-c3nc4ccccc4o3)c2)cc1)c1ccc(Cl)cc1Cl. The lowest BCUT2D eigenvalue weighted by Gasteiger charge is -2.06. The zero-order valence-electron chi connectivity index (χ0n) is 18.0. The number of esters is 1. The van der Waals surface area contributed by atoms with Crippen LogP contribution in [0.15, 0.2) is 94.3 Å². The summed E-state index contributed by atoms with van der Waals surface area (Å²) >= 11 is 11.9. The highest BCUT2D eigenvalue weighted by atomic mass is 35.5. The molecule has 1 N–H and O–H groups in total. The highest BCUT2D eigenvalue weighted by Crippen LogP contribution is 2.34. The van der Waals surface area contributed by atoms with Crippen molar-refractivity contribution >= 4 is 52.2 Å². The summed E-state index contributed by atoms with van der Waals surface area (Å²) < 4.78 is 11.1. The number of hydrogen-bond acceptors (Lipinski definition) is 6. The predicted octanol–water partition coefficient (Wildman–Crippen LogP) is 7.48. The van der Waals surface area contributed by atoms with E-state index in [9.17, 15) is 9.90 Å². The Bertz CT molecular complexity index is 1540. The van der Waals surface area contributed by atoms with Crippen LogP contribution < -0.4 is 4.74 Å². The van der Waals surface area contributed by atoms with Crippen LogP contribution in [-0.4, -0.2) is 22.3 Å². The van der Waals surface area contributed by atoms with Gasteiger partial charge in [0.05, 0.1) is 21.8 Å². The van der Waals surface area contributed by atoms with Crippen molar-refractivity contribution in [1.82, 2.24) is 4.98 Å². The lowest BCUT2D eigenvalue weighted by atomic mass is 10.1. The Balaban J connectivity index is 1.31. The third-order valence-corrected chi connectivity index (χ3v) is 5.66. The minimum absolute atomic E-state index is 0.0439. The van der Waals surface area contributed by atoms with E-state index in [0.717, 1.165) is 5.56 Å². The average Bonchev–Trinajstić information content (AvgIpc) is 3.28. The molecule has 5 rings (SSSR count).